The fraction of sp³-hybridized carbons (Fsp3) is 0.381. The summed E-state index contributed by atoms with van der Waals surface area (Å²) in [5, 5.41) is 12.8. The molecule has 57 heavy (non-hydrogen) atoms. The Bertz CT molecular complexity index is 2500. The second-order valence-corrected chi connectivity index (χ2v) is 15.8. The SMILES string of the molecule is Cc1nc2cccc(-c3cc4c([nH]3)CCNC4=O)c2nc1NC1CC(N(C)C)C1.Cc1nc2cccc(-c3cc4c([nH]3)CCNC4=O)c2nc1NC1CC(N)C1.Cl. The van der Waals surface area contributed by atoms with Crippen LogP contribution in [-0.4, -0.2) is 98.0 Å². The highest BCUT2D eigenvalue weighted by Crippen LogP contribution is 2.34. The Labute approximate surface area is 337 Å². The molecular weight excluding hydrogens is 740 g/mol. The van der Waals surface area contributed by atoms with Crippen LogP contribution in [0.2, 0.25) is 0 Å². The van der Waals surface area contributed by atoms with Crippen molar-refractivity contribution in [1.29, 1.82) is 0 Å². The number of para-hydroxylation sites is 2. The fourth-order valence-electron chi connectivity index (χ4n) is 8.21. The summed E-state index contributed by atoms with van der Waals surface area (Å²) in [5.41, 5.74) is 18.2. The molecule has 10 rings (SSSR count). The van der Waals surface area contributed by atoms with Gasteiger partial charge in [0.1, 0.15) is 22.7 Å². The van der Waals surface area contributed by atoms with Crippen molar-refractivity contribution < 1.29 is 9.59 Å². The normalized spacial score (nSPS) is 20.9. The first kappa shape index (κ1) is 38.3. The van der Waals surface area contributed by atoms with E-state index in [1.165, 1.54) is 0 Å². The first-order valence-corrected chi connectivity index (χ1v) is 19.6. The number of hydrogen-bond donors (Lipinski definition) is 7. The van der Waals surface area contributed by atoms with Gasteiger partial charge in [0.15, 0.2) is 0 Å². The first-order valence-electron chi connectivity index (χ1n) is 19.6. The molecule has 296 valence electrons. The van der Waals surface area contributed by atoms with Crippen LogP contribution >= 0.6 is 12.4 Å². The Kier molecular flexibility index (Phi) is 10.4. The molecule has 2 saturated carbocycles. The number of H-pyrrole nitrogens is 2. The van der Waals surface area contributed by atoms with Gasteiger partial charge in [0.05, 0.1) is 33.5 Å². The van der Waals surface area contributed by atoms with Gasteiger partial charge in [-0.15, -0.1) is 12.4 Å². The Hall–Kier alpha value is -5.57. The zero-order chi connectivity index (χ0) is 38.7. The van der Waals surface area contributed by atoms with Crippen molar-refractivity contribution in [2.45, 2.75) is 76.5 Å². The number of carbonyl (C=O) groups is 2. The average molecular weight is 789 g/mol. The van der Waals surface area contributed by atoms with Crippen molar-refractivity contribution in [3.63, 3.8) is 0 Å². The number of aryl methyl sites for hydroxylation is 2. The van der Waals surface area contributed by atoms with Gasteiger partial charge in [-0.05, 0) is 77.9 Å². The van der Waals surface area contributed by atoms with Crippen LogP contribution in [-0.2, 0) is 12.8 Å². The summed E-state index contributed by atoms with van der Waals surface area (Å²) in [4.78, 5) is 52.8. The maximum Gasteiger partial charge on any atom is 0.253 e. The highest BCUT2D eigenvalue weighted by atomic mass is 35.5. The molecule has 6 aromatic rings. The molecule has 0 radical (unpaired) electrons. The highest BCUT2D eigenvalue weighted by molar-refractivity contribution is 6.01. The number of benzene rings is 2. The van der Waals surface area contributed by atoms with Crippen LogP contribution in [0.3, 0.4) is 0 Å². The van der Waals surface area contributed by atoms with Crippen molar-refractivity contribution in [3.8, 4) is 22.5 Å². The molecule has 2 aromatic carbocycles. The third kappa shape index (κ3) is 7.40. The minimum Gasteiger partial charge on any atom is -0.366 e. The topological polar surface area (TPSA) is 195 Å². The lowest BCUT2D eigenvalue weighted by Crippen LogP contribution is -2.47. The van der Waals surface area contributed by atoms with Crippen LogP contribution in [0.5, 0.6) is 0 Å². The summed E-state index contributed by atoms with van der Waals surface area (Å²) in [5.74, 6) is 1.62. The van der Waals surface area contributed by atoms with Crippen molar-refractivity contribution >= 4 is 57.9 Å². The summed E-state index contributed by atoms with van der Waals surface area (Å²) in [6.07, 6.45) is 5.78. The van der Waals surface area contributed by atoms with Gasteiger partial charge in [0.25, 0.3) is 11.8 Å². The predicted octanol–water partition coefficient (Wildman–Crippen LogP) is 5.27. The van der Waals surface area contributed by atoms with Crippen LogP contribution < -0.4 is 27.0 Å². The average Bonchev–Trinajstić information content (AvgIpc) is 3.79. The zero-order valence-corrected chi connectivity index (χ0v) is 33.4. The van der Waals surface area contributed by atoms with Gasteiger partial charge in [0.2, 0.25) is 0 Å². The number of fused-ring (bicyclic) bond motifs is 4. The third-order valence-corrected chi connectivity index (χ3v) is 11.6. The maximum atomic E-state index is 12.2. The van der Waals surface area contributed by atoms with Crippen molar-refractivity contribution in [2.75, 3.05) is 37.8 Å². The van der Waals surface area contributed by atoms with E-state index in [0.717, 1.165) is 129 Å². The van der Waals surface area contributed by atoms with Gasteiger partial charge in [-0.3, -0.25) is 9.59 Å². The second-order valence-electron chi connectivity index (χ2n) is 15.8. The molecule has 0 bridgehead atoms. The number of nitrogens with one attached hydrogen (secondary N) is 6. The lowest BCUT2D eigenvalue weighted by atomic mass is 9.86. The van der Waals surface area contributed by atoms with E-state index in [0.29, 0.717) is 31.2 Å². The number of amides is 2. The number of carbonyl (C=O) groups excluding carboxylic acids is 2. The van der Waals surface area contributed by atoms with E-state index in [4.69, 9.17) is 25.7 Å². The third-order valence-electron chi connectivity index (χ3n) is 11.6. The van der Waals surface area contributed by atoms with Crippen LogP contribution in [0, 0.1) is 13.8 Å². The Balaban J connectivity index is 0.000000157. The van der Waals surface area contributed by atoms with Gasteiger partial charge in [-0.2, -0.15) is 0 Å². The van der Waals surface area contributed by atoms with Crippen LogP contribution in [0.15, 0.2) is 48.5 Å². The van der Waals surface area contributed by atoms with Gasteiger partial charge in [-0.1, -0.05) is 24.3 Å². The summed E-state index contributed by atoms with van der Waals surface area (Å²) in [6.45, 7) is 5.31. The maximum absolute atomic E-state index is 12.2. The summed E-state index contributed by atoms with van der Waals surface area (Å²) < 4.78 is 0. The monoisotopic (exact) mass is 788 g/mol. The molecule has 6 heterocycles. The molecule has 0 spiro atoms. The second kappa shape index (κ2) is 15.4. The van der Waals surface area contributed by atoms with Gasteiger partial charge < -0.3 is 41.9 Å². The standard InChI is InChI=1S/C22H26N6O.C20H22N6O.ClH/c1-12-21(25-13-9-14(10-13)28(2)3)27-20-15(5-4-6-18(20)24-12)19-11-16-17(26-19)7-8-23-22(16)29;1-10-19(24-12-7-11(21)8-12)26-18-13(3-2-4-16(18)23-10)17-9-14-15(25-17)5-6-22-20(14)27;/h4-6,11,13-14,26H,7-10H2,1-3H3,(H,23,29)(H,25,27);2-4,9,11-12,25H,5-8,21H2,1H3,(H,22,27)(H,24,26);1H. The summed E-state index contributed by atoms with van der Waals surface area (Å²) in [6, 6.07) is 17.5. The van der Waals surface area contributed by atoms with Gasteiger partial charge >= 0.3 is 0 Å². The Morgan fingerprint density at radius 2 is 1.12 bits per heavy atom. The van der Waals surface area contributed by atoms with E-state index in [2.05, 4.69) is 50.2 Å². The largest absolute Gasteiger partial charge is 0.366 e. The molecule has 2 fully saturated rings. The molecule has 15 heteroatoms. The minimum atomic E-state index is -0.0235. The predicted molar refractivity (Wildman–Crippen MR) is 226 cm³/mol. The summed E-state index contributed by atoms with van der Waals surface area (Å²) in [7, 11) is 4.26. The zero-order valence-electron chi connectivity index (χ0n) is 32.6. The van der Waals surface area contributed by atoms with Crippen molar-refractivity contribution in [2.24, 2.45) is 5.73 Å². The van der Waals surface area contributed by atoms with Crippen molar-refractivity contribution in [1.82, 2.24) is 45.4 Å². The molecule has 0 unspecified atom stereocenters. The smallest absolute Gasteiger partial charge is 0.253 e. The molecule has 14 nitrogen and oxygen atoms in total. The number of aromatic amines is 2. The van der Waals surface area contributed by atoms with E-state index < -0.39 is 0 Å². The number of aromatic nitrogens is 6. The quantitative estimate of drug-likeness (QED) is 0.112. The van der Waals surface area contributed by atoms with E-state index in [1.807, 2.05) is 62.4 Å². The lowest BCUT2D eigenvalue weighted by Gasteiger charge is -2.40. The number of hydrogen-bond acceptors (Lipinski definition) is 10. The van der Waals surface area contributed by atoms with Crippen LogP contribution in [0.1, 0.15) is 69.2 Å². The van der Waals surface area contributed by atoms with Crippen LogP contribution in [0.4, 0.5) is 11.6 Å². The molecule has 2 aliphatic carbocycles. The van der Waals surface area contributed by atoms with Gasteiger partial charge in [-0.25, -0.2) is 19.9 Å². The van der Waals surface area contributed by atoms with E-state index >= 15 is 0 Å². The number of halogens is 1. The number of nitrogens with two attached hydrogens (primary N) is 1. The lowest BCUT2D eigenvalue weighted by molar-refractivity contribution is 0.0937. The van der Waals surface area contributed by atoms with Crippen LogP contribution in [0.25, 0.3) is 44.6 Å². The molecule has 0 saturated heterocycles. The van der Waals surface area contributed by atoms with E-state index in [1.54, 1.807) is 0 Å². The highest BCUT2D eigenvalue weighted by Gasteiger charge is 2.31. The Morgan fingerprint density at radius 3 is 1.54 bits per heavy atom. The molecule has 2 aliphatic heterocycles. The van der Waals surface area contributed by atoms with E-state index in [9.17, 15) is 9.59 Å². The number of anilines is 2. The molecular formula is C42H49ClN12O2. The number of rotatable bonds is 7. The molecule has 0 atom stereocenters. The number of nitrogens with zero attached hydrogens (tertiary/aromatic N) is 5. The molecule has 8 N–H and O–H groups in total. The minimum absolute atomic E-state index is 0. The summed E-state index contributed by atoms with van der Waals surface area (Å²) >= 11 is 0. The van der Waals surface area contributed by atoms with E-state index in [-0.39, 0.29) is 30.3 Å². The fourth-order valence-corrected chi connectivity index (χ4v) is 8.21. The van der Waals surface area contributed by atoms with Gasteiger partial charge in [0, 0.05) is 84.0 Å². The molecule has 4 aromatic heterocycles. The molecule has 2 amide bonds. The van der Waals surface area contributed by atoms with Crippen molar-refractivity contribution in [3.05, 3.63) is 82.4 Å². The molecule has 4 aliphatic rings. The first-order chi connectivity index (χ1) is 27.1. The Morgan fingerprint density at radius 1 is 0.667 bits per heavy atom.